The van der Waals surface area contributed by atoms with E-state index in [4.69, 9.17) is 16.6 Å². The minimum absolute atomic E-state index is 0.0110. The van der Waals surface area contributed by atoms with Gasteiger partial charge in [0.05, 0.1) is 16.8 Å². The van der Waals surface area contributed by atoms with Gasteiger partial charge in [-0.1, -0.05) is 17.8 Å². The maximum absolute atomic E-state index is 8.88. The Morgan fingerprint density at radius 3 is 2.80 bits per heavy atom. The third-order valence-electron chi connectivity index (χ3n) is 1.95. The molecule has 0 saturated carbocycles. The first-order valence-electron chi connectivity index (χ1n) is 4.27. The van der Waals surface area contributed by atoms with Crippen LogP contribution in [0.2, 0.25) is 0 Å². The summed E-state index contributed by atoms with van der Waals surface area (Å²) >= 11 is 1.28. The zero-order valence-corrected chi connectivity index (χ0v) is 8.66. The molecule has 0 spiro atoms. The van der Waals surface area contributed by atoms with Crippen molar-refractivity contribution >= 4 is 34.4 Å². The Labute approximate surface area is 90.5 Å². The molecule has 0 unspecified atom stereocenters. The van der Waals surface area contributed by atoms with E-state index in [2.05, 4.69) is 9.97 Å². The predicted molar refractivity (Wildman–Crippen MR) is 61.3 cm³/mol. The lowest BCUT2D eigenvalue weighted by atomic mass is 10.2. The summed E-state index contributed by atoms with van der Waals surface area (Å²) in [4.78, 5) is 8.82. The number of nitrogens with two attached hydrogens (primary N) is 2. The lowest BCUT2D eigenvalue weighted by Gasteiger charge is -2.06. The van der Waals surface area contributed by atoms with E-state index in [-0.39, 0.29) is 11.9 Å². The van der Waals surface area contributed by atoms with Gasteiger partial charge in [0.2, 0.25) is 5.95 Å². The van der Waals surface area contributed by atoms with Crippen molar-refractivity contribution in [3.63, 3.8) is 0 Å². The molecule has 2 rings (SSSR count). The molecule has 0 fully saturated rings. The van der Waals surface area contributed by atoms with Crippen molar-refractivity contribution in [2.75, 3.05) is 17.4 Å². The summed E-state index contributed by atoms with van der Waals surface area (Å²) < 4.78 is 0. The van der Waals surface area contributed by atoms with Crippen molar-refractivity contribution in [1.29, 1.82) is 0 Å². The second-order valence-electron chi connectivity index (χ2n) is 2.89. The van der Waals surface area contributed by atoms with Crippen molar-refractivity contribution in [2.24, 2.45) is 0 Å². The number of thioether (sulfide) groups is 1. The fourth-order valence-electron chi connectivity index (χ4n) is 1.39. The van der Waals surface area contributed by atoms with Gasteiger partial charge in [0, 0.05) is 4.90 Å². The molecule has 0 saturated heterocycles. The molecule has 0 aliphatic heterocycles. The fourth-order valence-corrected chi connectivity index (χ4v) is 2.06. The van der Waals surface area contributed by atoms with Crippen LogP contribution in [0.4, 0.5) is 11.8 Å². The van der Waals surface area contributed by atoms with Crippen molar-refractivity contribution in [1.82, 2.24) is 9.97 Å². The monoisotopic (exact) mass is 222 g/mol. The van der Waals surface area contributed by atoms with Crippen molar-refractivity contribution in [2.45, 2.75) is 4.90 Å². The van der Waals surface area contributed by atoms with E-state index in [0.717, 1.165) is 10.3 Å². The van der Waals surface area contributed by atoms with E-state index in [1.165, 1.54) is 11.8 Å². The Bertz CT molecular complexity index is 503. The lowest BCUT2D eigenvalue weighted by molar-refractivity contribution is 0.375. The molecule has 0 atom stereocenters. The molecule has 0 aliphatic rings. The van der Waals surface area contributed by atoms with Gasteiger partial charge in [-0.15, -0.1) is 0 Å². The number of nitrogens with zero attached hydrogens (tertiary/aromatic N) is 2. The molecule has 1 heterocycles. The molecule has 5 N–H and O–H groups in total. The van der Waals surface area contributed by atoms with E-state index >= 15 is 0 Å². The van der Waals surface area contributed by atoms with E-state index in [9.17, 15) is 0 Å². The molecule has 5 nitrogen and oxygen atoms in total. The van der Waals surface area contributed by atoms with Crippen LogP contribution in [-0.4, -0.2) is 21.0 Å². The number of hydrogen-bond donors (Lipinski definition) is 3. The van der Waals surface area contributed by atoms with Crippen molar-refractivity contribution in [3.8, 4) is 0 Å². The molecule has 0 radical (unpaired) electrons. The molecule has 6 heteroatoms. The van der Waals surface area contributed by atoms with E-state index in [1.54, 1.807) is 0 Å². The summed E-state index contributed by atoms with van der Waals surface area (Å²) in [5, 5.41) is 9.62. The molecule has 1 aromatic heterocycles. The average molecular weight is 222 g/mol. The Balaban J connectivity index is 2.73. The first-order chi connectivity index (χ1) is 7.22. The highest BCUT2D eigenvalue weighted by molar-refractivity contribution is 7.99. The van der Waals surface area contributed by atoms with Crippen LogP contribution in [0.3, 0.4) is 0 Å². The van der Waals surface area contributed by atoms with Gasteiger partial charge in [0.25, 0.3) is 0 Å². The van der Waals surface area contributed by atoms with Crippen LogP contribution in [0.5, 0.6) is 0 Å². The van der Waals surface area contributed by atoms with Gasteiger partial charge >= 0.3 is 0 Å². The Morgan fingerprint density at radius 2 is 2.07 bits per heavy atom. The summed E-state index contributed by atoms with van der Waals surface area (Å²) in [7, 11) is 0. The maximum atomic E-state index is 8.88. The van der Waals surface area contributed by atoms with E-state index in [0.29, 0.717) is 11.3 Å². The van der Waals surface area contributed by atoms with Crippen LogP contribution in [0, 0.1) is 0 Å². The minimum Gasteiger partial charge on any atom is -0.385 e. The summed E-state index contributed by atoms with van der Waals surface area (Å²) in [6.45, 7) is 0. The molecule has 0 aliphatic carbocycles. The highest BCUT2D eigenvalue weighted by Gasteiger charge is 2.07. The van der Waals surface area contributed by atoms with Crippen LogP contribution in [0.15, 0.2) is 23.1 Å². The number of aromatic nitrogens is 2. The zero-order valence-electron chi connectivity index (χ0n) is 7.84. The number of rotatable bonds is 2. The molecule has 0 bridgehead atoms. The molecule has 2 aromatic rings. The van der Waals surface area contributed by atoms with E-state index in [1.807, 2.05) is 18.2 Å². The number of fused-ring (bicyclic) bond motifs is 1. The van der Waals surface area contributed by atoms with Crippen LogP contribution in [0.1, 0.15) is 0 Å². The Morgan fingerprint density at radius 1 is 1.27 bits per heavy atom. The molecular weight excluding hydrogens is 212 g/mol. The number of anilines is 2. The summed E-state index contributed by atoms with van der Waals surface area (Å²) in [5.41, 5.74) is 11.9. The van der Waals surface area contributed by atoms with Crippen LogP contribution in [-0.2, 0) is 0 Å². The van der Waals surface area contributed by atoms with Gasteiger partial charge in [0.15, 0.2) is 0 Å². The number of benzene rings is 1. The Kier molecular flexibility index (Phi) is 2.61. The quantitative estimate of drug-likeness (QED) is 0.514. The number of aliphatic hydroxyl groups excluding tert-OH is 1. The summed E-state index contributed by atoms with van der Waals surface area (Å²) in [6.07, 6.45) is 0. The van der Waals surface area contributed by atoms with Crippen LogP contribution >= 0.6 is 11.8 Å². The summed E-state index contributed by atoms with van der Waals surface area (Å²) in [6, 6.07) is 5.51. The van der Waals surface area contributed by atoms with Crippen molar-refractivity contribution < 1.29 is 5.11 Å². The second-order valence-corrected chi connectivity index (χ2v) is 3.88. The predicted octanol–water partition coefficient (Wildman–Crippen LogP) is 0.836. The molecule has 78 valence electrons. The minimum atomic E-state index is -0.0110. The average Bonchev–Trinajstić information content (AvgIpc) is 2.17. The van der Waals surface area contributed by atoms with Gasteiger partial charge in [-0.25, -0.2) is 4.98 Å². The van der Waals surface area contributed by atoms with Gasteiger partial charge in [0.1, 0.15) is 5.82 Å². The van der Waals surface area contributed by atoms with Gasteiger partial charge in [-0.05, 0) is 12.1 Å². The van der Waals surface area contributed by atoms with Crippen LogP contribution < -0.4 is 11.5 Å². The highest BCUT2D eigenvalue weighted by Crippen LogP contribution is 2.30. The third kappa shape index (κ3) is 1.81. The smallest absolute Gasteiger partial charge is 0.222 e. The largest absolute Gasteiger partial charge is 0.385 e. The SMILES string of the molecule is Nc1nc(N)c2c(SCO)cccc2n1. The maximum Gasteiger partial charge on any atom is 0.222 e. The first-order valence-corrected chi connectivity index (χ1v) is 5.26. The molecular formula is C9H10N4OS. The standard InChI is InChI=1S/C9H10N4OS/c10-8-7-5(12-9(11)13-8)2-1-3-6(7)15-4-14/h1-3,14H,4H2,(H4,10,11,12,13). The normalized spacial score (nSPS) is 10.7. The molecule has 1 aromatic carbocycles. The van der Waals surface area contributed by atoms with Crippen LogP contribution in [0.25, 0.3) is 10.9 Å². The Hall–Kier alpha value is -1.53. The fraction of sp³-hybridized carbons (Fsp3) is 0.111. The van der Waals surface area contributed by atoms with Gasteiger partial charge < -0.3 is 16.6 Å². The van der Waals surface area contributed by atoms with Gasteiger partial charge in [-0.3, -0.25) is 0 Å². The third-order valence-corrected chi connectivity index (χ3v) is 2.73. The number of aliphatic hydroxyl groups is 1. The molecule has 0 amide bonds. The summed E-state index contributed by atoms with van der Waals surface area (Å²) in [5.74, 6) is 0.489. The highest BCUT2D eigenvalue weighted by atomic mass is 32.2. The van der Waals surface area contributed by atoms with Gasteiger partial charge in [-0.2, -0.15) is 4.98 Å². The topological polar surface area (TPSA) is 98.0 Å². The lowest BCUT2D eigenvalue weighted by Crippen LogP contribution is -2.01. The number of hydrogen-bond acceptors (Lipinski definition) is 6. The molecule has 15 heavy (non-hydrogen) atoms. The van der Waals surface area contributed by atoms with E-state index < -0.39 is 0 Å². The first kappa shape index (κ1) is 10.0. The van der Waals surface area contributed by atoms with Crippen molar-refractivity contribution in [3.05, 3.63) is 18.2 Å². The number of nitrogen functional groups attached to an aromatic ring is 2. The zero-order chi connectivity index (χ0) is 10.8. The second kappa shape index (κ2) is 3.92.